The molecule has 0 bridgehead atoms. The average Bonchev–Trinajstić information content (AvgIpc) is 3.07. The van der Waals surface area contributed by atoms with Gasteiger partial charge in [-0.05, 0) is 35.9 Å². The van der Waals surface area contributed by atoms with E-state index in [1.54, 1.807) is 23.0 Å². The predicted octanol–water partition coefficient (Wildman–Crippen LogP) is 6.10. The number of alkyl halides is 1. The number of pyridine rings is 1. The van der Waals surface area contributed by atoms with E-state index in [1.807, 2.05) is 43.6 Å². The zero-order valence-electron chi connectivity index (χ0n) is 15.6. The second-order valence-corrected chi connectivity index (χ2v) is 8.75. The van der Waals surface area contributed by atoms with Crippen molar-refractivity contribution >= 4 is 75.6 Å². The molecule has 1 atom stereocenters. The number of fused-ring (bicyclic) bond motifs is 1. The molecule has 0 aliphatic carbocycles. The number of benzene rings is 2. The maximum Gasteiger partial charge on any atom is 0.259 e. The first-order chi connectivity index (χ1) is 14.3. The molecule has 2 aromatic heterocycles. The number of nitrogens with zero attached hydrogens (tertiary/aromatic N) is 4. The first-order valence-electron chi connectivity index (χ1n) is 8.83. The Balaban J connectivity index is 1.88. The number of carbonyl (C=O) groups is 1. The molecule has 4 aromatic rings. The molecule has 0 saturated heterocycles. The molecule has 9 heteroatoms. The van der Waals surface area contributed by atoms with E-state index < -0.39 is 10.6 Å². The summed E-state index contributed by atoms with van der Waals surface area (Å²) in [5.41, 5.74) is 3.58. The van der Waals surface area contributed by atoms with Crippen molar-refractivity contribution in [2.75, 3.05) is 4.90 Å². The quantitative estimate of drug-likeness (QED) is 0.285. The van der Waals surface area contributed by atoms with Gasteiger partial charge in [0.15, 0.2) is 4.71 Å². The fraction of sp³-hybridized carbons (Fsp3) is 0.0952. The van der Waals surface area contributed by atoms with Crippen LogP contribution in [0.5, 0.6) is 0 Å². The van der Waals surface area contributed by atoms with Crippen LogP contribution in [0, 0.1) is 0 Å². The van der Waals surface area contributed by atoms with Crippen molar-refractivity contribution in [2.45, 2.75) is 4.71 Å². The van der Waals surface area contributed by atoms with Crippen molar-refractivity contribution in [3.8, 4) is 11.1 Å². The molecule has 0 radical (unpaired) electrons. The molecule has 4 rings (SSSR count). The average molecular weight is 478 g/mol. The van der Waals surface area contributed by atoms with Crippen LogP contribution in [-0.4, -0.2) is 25.4 Å². The molecule has 0 fully saturated rings. The highest BCUT2D eigenvalue weighted by Crippen LogP contribution is 2.35. The molecule has 0 aliphatic heterocycles. The molecule has 2 heterocycles. The number of anilines is 2. The van der Waals surface area contributed by atoms with Gasteiger partial charge in [0.25, 0.3) is 5.91 Å². The first kappa shape index (κ1) is 21.0. The standard InChI is InChI=1S/C21H15Cl3N4OS/c1-27-11-13-5-14(22)8-18(19(13)26-27)12-3-2-4-16(6-12)28(21(29)20(24)30)17-7-15(23)9-25-10-17/h2-11,20,30H,1H3/t20-/m1/s1. The number of thiol groups is 1. The molecular weight excluding hydrogens is 463 g/mol. The van der Waals surface area contributed by atoms with Crippen molar-refractivity contribution in [1.29, 1.82) is 0 Å². The van der Waals surface area contributed by atoms with Gasteiger partial charge in [0.1, 0.15) is 5.52 Å². The number of aryl methyl sites for hydroxylation is 1. The minimum atomic E-state index is -1.04. The van der Waals surface area contributed by atoms with Crippen LogP contribution < -0.4 is 4.90 Å². The Labute approximate surface area is 193 Å². The maximum atomic E-state index is 12.9. The largest absolute Gasteiger partial charge is 0.277 e. The molecule has 0 saturated carbocycles. The normalized spacial score (nSPS) is 12.2. The van der Waals surface area contributed by atoms with Gasteiger partial charge in [-0.3, -0.25) is 19.4 Å². The zero-order chi connectivity index (χ0) is 21.4. The van der Waals surface area contributed by atoms with E-state index in [2.05, 4.69) is 22.7 Å². The Kier molecular flexibility index (Phi) is 5.93. The lowest BCUT2D eigenvalue weighted by Gasteiger charge is -2.24. The minimum absolute atomic E-state index is 0.400. The maximum absolute atomic E-state index is 12.9. The SMILES string of the molecule is Cn1cc2cc(Cl)cc(-c3cccc(N(C(=O)[C@@H](S)Cl)c4cncc(Cl)c4)c3)c2n1. The highest BCUT2D eigenvalue weighted by molar-refractivity contribution is 7.83. The van der Waals surface area contributed by atoms with Crippen LogP contribution in [0.2, 0.25) is 10.0 Å². The van der Waals surface area contributed by atoms with Crippen LogP contribution in [0.4, 0.5) is 11.4 Å². The second-order valence-electron chi connectivity index (χ2n) is 6.62. The third-order valence-corrected chi connectivity index (χ3v) is 5.31. The summed E-state index contributed by atoms with van der Waals surface area (Å²) in [7, 11) is 1.86. The third kappa shape index (κ3) is 4.14. The summed E-state index contributed by atoms with van der Waals surface area (Å²) in [4.78, 5) is 18.4. The summed E-state index contributed by atoms with van der Waals surface area (Å²) in [5, 5.41) is 6.48. The van der Waals surface area contributed by atoms with Crippen molar-refractivity contribution in [2.24, 2.45) is 7.05 Å². The molecule has 0 unspecified atom stereocenters. The van der Waals surface area contributed by atoms with Crippen molar-refractivity contribution < 1.29 is 4.79 Å². The van der Waals surface area contributed by atoms with E-state index in [4.69, 9.17) is 34.8 Å². The number of halogens is 3. The predicted molar refractivity (Wildman–Crippen MR) is 126 cm³/mol. The van der Waals surface area contributed by atoms with Crippen LogP contribution in [0.1, 0.15) is 0 Å². The number of hydrogen-bond donors (Lipinski definition) is 1. The molecule has 0 aliphatic rings. The van der Waals surface area contributed by atoms with Crippen molar-refractivity contribution in [3.05, 3.63) is 71.1 Å². The van der Waals surface area contributed by atoms with Gasteiger partial charge in [-0.15, -0.1) is 11.6 Å². The lowest BCUT2D eigenvalue weighted by Crippen LogP contribution is -2.30. The topological polar surface area (TPSA) is 51.0 Å². The highest BCUT2D eigenvalue weighted by atomic mass is 35.5. The number of hydrogen-bond acceptors (Lipinski definition) is 4. The van der Waals surface area contributed by atoms with Gasteiger partial charge in [-0.2, -0.15) is 17.7 Å². The number of aromatic nitrogens is 3. The highest BCUT2D eigenvalue weighted by Gasteiger charge is 2.24. The van der Waals surface area contributed by atoms with Gasteiger partial charge in [-0.1, -0.05) is 35.3 Å². The fourth-order valence-corrected chi connectivity index (χ4v) is 3.89. The number of rotatable bonds is 4. The van der Waals surface area contributed by atoms with E-state index in [9.17, 15) is 4.79 Å². The summed E-state index contributed by atoms with van der Waals surface area (Å²) in [6, 6.07) is 12.8. The van der Waals surface area contributed by atoms with E-state index in [1.165, 1.54) is 11.1 Å². The van der Waals surface area contributed by atoms with Crippen molar-refractivity contribution in [3.63, 3.8) is 0 Å². The van der Waals surface area contributed by atoms with Gasteiger partial charge in [0.05, 0.1) is 16.9 Å². The molecule has 1 amide bonds. The molecule has 152 valence electrons. The molecule has 0 spiro atoms. The van der Waals surface area contributed by atoms with E-state index in [0.717, 1.165) is 22.0 Å². The fourth-order valence-electron chi connectivity index (χ4n) is 3.28. The van der Waals surface area contributed by atoms with Gasteiger partial charge in [0.2, 0.25) is 0 Å². The number of carbonyl (C=O) groups excluding carboxylic acids is 1. The number of amides is 1. The van der Waals surface area contributed by atoms with Gasteiger partial charge in [0, 0.05) is 41.1 Å². The first-order valence-corrected chi connectivity index (χ1v) is 10.5. The molecule has 5 nitrogen and oxygen atoms in total. The smallest absolute Gasteiger partial charge is 0.259 e. The second kappa shape index (κ2) is 8.47. The molecular formula is C21H15Cl3N4OS. The lowest BCUT2D eigenvalue weighted by atomic mass is 10.0. The zero-order valence-corrected chi connectivity index (χ0v) is 18.8. The molecule has 2 aromatic carbocycles. The lowest BCUT2D eigenvalue weighted by molar-refractivity contribution is -0.116. The monoisotopic (exact) mass is 476 g/mol. The van der Waals surface area contributed by atoms with Crippen LogP contribution in [0.15, 0.2) is 61.1 Å². The molecule has 30 heavy (non-hydrogen) atoms. The van der Waals surface area contributed by atoms with Gasteiger partial charge in [-0.25, -0.2) is 0 Å². The summed E-state index contributed by atoms with van der Waals surface area (Å²) in [5.74, 6) is -0.421. The third-order valence-electron chi connectivity index (χ3n) is 4.48. The van der Waals surface area contributed by atoms with Crippen LogP contribution in [-0.2, 0) is 11.8 Å². The Bertz CT molecular complexity index is 1260. The summed E-state index contributed by atoms with van der Waals surface area (Å²) < 4.78 is 0.696. The summed E-state index contributed by atoms with van der Waals surface area (Å²) >= 11 is 22.6. The van der Waals surface area contributed by atoms with Gasteiger partial charge < -0.3 is 0 Å². The van der Waals surface area contributed by atoms with Gasteiger partial charge >= 0.3 is 0 Å². The Morgan fingerprint density at radius 3 is 2.63 bits per heavy atom. The Hall–Kier alpha value is -2.25. The summed E-state index contributed by atoms with van der Waals surface area (Å²) in [6.45, 7) is 0. The van der Waals surface area contributed by atoms with E-state index in [-0.39, 0.29) is 0 Å². The van der Waals surface area contributed by atoms with Crippen LogP contribution >= 0.6 is 47.4 Å². The minimum Gasteiger partial charge on any atom is -0.277 e. The van der Waals surface area contributed by atoms with Crippen LogP contribution in [0.3, 0.4) is 0 Å². The Morgan fingerprint density at radius 1 is 1.10 bits per heavy atom. The molecule has 0 N–H and O–H groups in total. The summed E-state index contributed by atoms with van der Waals surface area (Å²) in [6.07, 6.45) is 4.94. The van der Waals surface area contributed by atoms with E-state index >= 15 is 0 Å². The van der Waals surface area contributed by atoms with E-state index in [0.29, 0.717) is 21.4 Å². The van der Waals surface area contributed by atoms with Crippen molar-refractivity contribution in [1.82, 2.24) is 14.8 Å². The van der Waals surface area contributed by atoms with Crippen LogP contribution in [0.25, 0.3) is 22.0 Å². The Morgan fingerprint density at radius 2 is 1.90 bits per heavy atom.